The van der Waals surface area contributed by atoms with Crippen LogP contribution in [0.15, 0.2) is 0 Å². The van der Waals surface area contributed by atoms with Crippen molar-refractivity contribution in [3.8, 4) is 0 Å². The second kappa shape index (κ2) is 15.7. The molecule has 0 amide bonds. The lowest BCUT2D eigenvalue weighted by molar-refractivity contribution is -0.870. The third-order valence-electron chi connectivity index (χ3n) is 12.7. The van der Waals surface area contributed by atoms with E-state index in [2.05, 4.69) is 34.6 Å². The first kappa shape index (κ1) is 38.7. The topological polar surface area (TPSA) is 121 Å². The Morgan fingerprint density at radius 2 is 1.56 bits per heavy atom. The zero-order valence-corrected chi connectivity index (χ0v) is 30.6. The Labute approximate surface area is 274 Å². The molecule has 0 aliphatic heterocycles. The van der Waals surface area contributed by atoms with Crippen LogP contribution in [0.2, 0.25) is 0 Å². The van der Waals surface area contributed by atoms with E-state index in [0.717, 1.165) is 54.8 Å². The SMILES string of the molecule is CC(C)CCC[C@@H](C)[C@H]1CCC2C3CC[C@H]4C[C@@H](OC(=O)OCCOP(=O)(O)OCC[N+](C)(C)C)CC[C@]4(C)C3CC[C@@]21C.[OH-]. The fraction of sp³-hybridized carbons (Fsp3) is 0.971. The Morgan fingerprint density at radius 3 is 2.24 bits per heavy atom. The van der Waals surface area contributed by atoms with Crippen LogP contribution in [0.5, 0.6) is 0 Å². The number of hydrogen-bond donors (Lipinski definition) is 1. The summed E-state index contributed by atoms with van der Waals surface area (Å²) >= 11 is 0. The highest BCUT2D eigenvalue weighted by Crippen LogP contribution is 2.68. The second-order valence-corrected chi connectivity index (χ2v) is 18.4. The van der Waals surface area contributed by atoms with Gasteiger partial charge in [0.1, 0.15) is 25.9 Å². The van der Waals surface area contributed by atoms with Crippen LogP contribution >= 0.6 is 7.82 Å². The number of quaternary nitrogens is 1. The van der Waals surface area contributed by atoms with Crippen molar-refractivity contribution < 1.29 is 42.7 Å². The molecule has 4 aliphatic rings. The van der Waals surface area contributed by atoms with E-state index in [-0.39, 0.29) is 31.4 Å². The molecule has 0 heterocycles. The number of fused-ring (bicyclic) bond motifs is 5. The Balaban J connectivity index is 0.00000552. The molecule has 10 heteroatoms. The van der Waals surface area contributed by atoms with Gasteiger partial charge in [-0.3, -0.25) is 9.05 Å². The predicted octanol–water partition coefficient (Wildman–Crippen LogP) is 8.29. The molecule has 0 aromatic heterocycles. The monoisotopic (exact) mass is 659 g/mol. The molecule has 45 heavy (non-hydrogen) atoms. The van der Waals surface area contributed by atoms with Gasteiger partial charge in [-0.1, -0.05) is 53.9 Å². The molecule has 0 bridgehead atoms. The summed E-state index contributed by atoms with van der Waals surface area (Å²) in [4.78, 5) is 22.3. The first-order valence-corrected chi connectivity index (χ1v) is 19.3. The van der Waals surface area contributed by atoms with Crippen LogP contribution in [0, 0.1) is 52.3 Å². The maximum absolute atomic E-state index is 12.5. The molecule has 10 atom stereocenters. The number of carbonyl (C=O) groups excluding carboxylic acids is 1. The standard InChI is InChI=1S/C35H64NO7P.H2O/c1-25(2)10-9-11-26(3)30-14-15-31-29-13-12-27-24-28(16-18-34(27,4)32(29)17-19-35(30,31)5)43-33(37)40-22-23-42-44(38,39)41-21-20-36(6,7)8;/h25-32H,9-24H2,1-8H3;1H2/t26-,27+,28+,29?,30-,31?,32?,34+,35-;/m1./s1. The summed E-state index contributed by atoms with van der Waals surface area (Å²) in [6.45, 7) is 12.8. The Bertz CT molecular complexity index is 1000. The van der Waals surface area contributed by atoms with Gasteiger partial charge in [-0.05, 0) is 110 Å². The maximum atomic E-state index is 12.5. The average Bonchev–Trinajstić information content (AvgIpc) is 3.27. The molecule has 0 spiro atoms. The highest BCUT2D eigenvalue weighted by Gasteiger charge is 2.60. The van der Waals surface area contributed by atoms with Crippen LogP contribution in [-0.2, 0) is 23.1 Å². The number of nitrogens with zero attached hydrogens (tertiary/aromatic N) is 1. The summed E-state index contributed by atoms with van der Waals surface area (Å²) in [6, 6.07) is 0. The highest BCUT2D eigenvalue weighted by atomic mass is 31.2. The lowest BCUT2D eigenvalue weighted by Gasteiger charge is -2.61. The molecule has 9 nitrogen and oxygen atoms in total. The quantitative estimate of drug-likeness (QED) is 0.0856. The van der Waals surface area contributed by atoms with Crippen molar-refractivity contribution in [2.24, 2.45) is 52.3 Å². The van der Waals surface area contributed by atoms with E-state index in [9.17, 15) is 14.3 Å². The molecule has 4 aliphatic carbocycles. The summed E-state index contributed by atoms with van der Waals surface area (Å²) in [5, 5.41) is 0. The van der Waals surface area contributed by atoms with E-state index in [1.165, 1.54) is 57.8 Å². The van der Waals surface area contributed by atoms with E-state index >= 15 is 0 Å². The van der Waals surface area contributed by atoms with Gasteiger partial charge < -0.3 is 24.3 Å². The molecule has 0 saturated heterocycles. The van der Waals surface area contributed by atoms with E-state index in [4.69, 9.17) is 18.5 Å². The number of phosphoric ester groups is 1. The van der Waals surface area contributed by atoms with Crippen LogP contribution in [0.4, 0.5) is 4.79 Å². The third-order valence-corrected chi connectivity index (χ3v) is 13.7. The number of hydrogen-bond acceptors (Lipinski definition) is 7. The van der Waals surface area contributed by atoms with Gasteiger partial charge in [0.15, 0.2) is 0 Å². The molecule has 4 unspecified atom stereocenters. The van der Waals surface area contributed by atoms with E-state index in [0.29, 0.717) is 27.8 Å². The van der Waals surface area contributed by atoms with Gasteiger partial charge in [-0.15, -0.1) is 0 Å². The molecular weight excluding hydrogens is 593 g/mol. The van der Waals surface area contributed by atoms with E-state index in [1.54, 1.807) is 0 Å². The van der Waals surface area contributed by atoms with Crippen molar-refractivity contribution in [1.82, 2.24) is 0 Å². The Hall–Kier alpha value is -0.700. The average molecular weight is 660 g/mol. The van der Waals surface area contributed by atoms with Crippen LogP contribution in [0.25, 0.3) is 0 Å². The predicted molar refractivity (Wildman–Crippen MR) is 176 cm³/mol. The van der Waals surface area contributed by atoms with Gasteiger partial charge >= 0.3 is 14.0 Å². The molecular formula is C35H66NO8P. The molecule has 0 aromatic rings. The maximum Gasteiger partial charge on any atom is 0.508 e. The number of rotatable bonds is 14. The molecule has 0 radical (unpaired) electrons. The Morgan fingerprint density at radius 1 is 0.889 bits per heavy atom. The fourth-order valence-electron chi connectivity index (χ4n) is 10.3. The first-order chi connectivity index (χ1) is 20.5. The summed E-state index contributed by atoms with van der Waals surface area (Å²) in [5.74, 6) is 5.63. The van der Waals surface area contributed by atoms with Gasteiger partial charge in [0.25, 0.3) is 0 Å². The van der Waals surface area contributed by atoms with Crippen LogP contribution < -0.4 is 0 Å². The van der Waals surface area contributed by atoms with Crippen molar-refractivity contribution >= 4 is 14.0 Å². The lowest BCUT2D eigenvalue weighted by Crippen LogP contribution is -2.54. The molecule has 0 aromatic carbocycles. The van der Waals surface area contributed by atoms with E-state index < -0.39 is 14.0 Å². The van der Waals surface area contributed by atoms with Gasteiger partial charge in [0.05, 0.1) is 27.7 Å². The van der Waals surface area contributed by atoms with Gasteiger partial charge in [-0.2, -0.15) is 0 Å². The van der Waals surface area contributed by atoms with E-state index in [1.807, 2.05) is 21.1 Å². The van der Waals surface area contributed by atoms with Gasteiger partial charge in [-0.25, -0.2) is 9.36 Å². The lowest BCUT2D eigenvalue weighted by atomic mass is 9.44. The minimum atomic E-state index is -4.18. The zero-order valence-electron chi connectivity index (χ0n) is 29.7. The second-order valence-electron chi connectivity index (χ2n) is 16.9. The van der Waals surface area contributed by atoms with Gasteiger partial charge in [0.2, 0.25) is 0 Å². The highest BCUT2D eigenvalue weighted by molar-refractivity contribution is 7.47. The minimum Gasteiger partial charge on any atom is -0.870 e. The van der Waals surface area contributed by atoms with Crippen molar-refractivity contribution in [2.75, 3.05) is 47.5 Å². The van der Waals surface area contributed by atoms with Crippen molar-refractivity contribution in [1.29, 1.82) is 0 Å². The van der Waals surface area contributed by atoms with Crippen molar-refractivity contribution in [3.63, 3.8) is 0 Å². The molecule has 4 saturated carbocycles. The molecule has 4 fully saturated rings. The number of ether oxygens (including phenoxy) is 2. The molecule has 4 rings (SSSR count). The summed E-state index contributed by atoms with van der Waals surface area (Å²) in [6.07, 6.45) is 14.3. The summed E-state index contributed by atoms with van der Waals surface area (Å²) < 4.78 is 33.5. The number of likely N-dealkylation sites (N-methyl/N-ethyl adjacent to an activating group) is 1. The Kier molecular flexibility index (Phi) is 13.5. The van der Waals surface area contributed by atoms with Crippen molar-refractivity contribution in [2.45, 2.75) is 118 Å². The molecule has 2 N–H and O–H groups in total. The fourth-order valence-corrected chi connectivity index (χ4v) is 11.0. The van der Waals surface area contributed by atoms with Crippen LogP contribution in [0.1, 0.15) is 112 Å². The smallest absolute Gasteiger partial charge is 0.508 e. The zero-order chi connectivity index (χ0) is 32.3. The van der Waals surface area contributed by atoms with Crippen LogP contribution in [-0.4, -0.2) is 74.6 Å². The largest absolute Gasteiger partial charge is 0.870 e. The normalized spacial score (nSPS) is 36.6. The van der Waals surface area contributed by atoms with Crippen molar-refractivity contribution in [3.05, 3.63) is 0 Å². The first-order valence-electron chi connectivity index (χ1n) is 17.8. The third kappa shape index (κ3) is 9.69. The number of phosphoric acid groups is 1. The van der Waals surface area contributed by atoms with Crippen LogP contribution in [0.3, 0.4) is 0 Å². The molecule has 264 valence electrons. The van der Waals surface area contributed by atoms with Gasteiger partial charge in [0, 0.05) is 0 Å². The summed E-state index contributed by atoms with van der Waals surface area (Å²) in [5.41, 5.74) is 0.841. The number of carbonyl (C=O) groups is 1. The minimum absolute atomic E-state index is 0. The summed E-state index contributed by atoms with van der Waals surface area (Å²) in [7, 11) is 1.72.